The van der Waals surface area contributed by atoms with E-state index in [4.69, 9.17) is 33.0 Å². The molecule has 0 radical (unpaired) electrons. The van der Waals surface area contributed by atoms with E-state index >= 15 is 9.59 Å². The third-order valence-electron chi connectivity index (χ3n) is 14.2. The number of nitrogens with one attached hydrogen (secondary N) is 1. The molecular weight excluding hydrogens is 973 g/mol. The number of esters is 5. The second-order valence-electron chi connectivity index (χ2n) is 19.8. The van der Waals surface area contributed by atoms with E-state index in [1.165, 1.54) is 30.9 Å². The summed E-state index contributed by atoms with van der Waals surface area (Å²) < 4.78 is 62.5. The summed E-state index contributed by atoms with van der Waals surface area (Å²) in [6.07, 6.45) is -9.87. The van der Waals surface area contributed by atoms with Gasteiger partial charge in [0.05, 0.1) is 42.4 Å². The van der Waals surface area contributed by atoms with Crippen molar-refractivity contribution in [2.75, 3.05) is 33.5 Å². The van der Waals surface area contributed by atoms with Gasteiger partial charge in [-0.1, -0.05) is 80.6 Å². The zero-order valence-corrected chi connectivity index (χ0v) is 42.7. The lowest BCUT2D eigenvalue weighted by Crippen LogP contribution is -2.82. The number of aliphatic hydroxyl groups excluding tert-OH is 1. The third-order valence-corrected chi connectivity index (χ3v) is 14.2. The van der Waals surface area contributed by atoms with E-state index in [1.54, 1.807) is 107 Å². The van der Waals surface area contributed by atoms with Crippen molar-refractivity contribution in [1.82, 2.24) is 10.2 Å². The van der Waals surface area contributed by atoms with Crippen molar-refractivity contribution >= 4 is 51.7 Å². The summed E-state index contributed by atoms with van der Waals surface area (Å²) in [6.45, 7) is 7.66. The molecule has 3 aromatic carbocycles. The molecule has 0 spiro atoms. The maximum atomic E-state index is 15.7. The van der Waals surface area contributed by atoms with E-state index in [9.17, 15) is 42.6 Å². The van der Waals surface area contributed by atoms with E-state index in [0.717, 1.165) is 13.8 Å². The molecule has 7 rings (SSSR count). The average Bonchev–Trinajstić information content (AvgIpc) is 3.30. The maximum Gasteiger partial charge on any atom is 0.350 e. The average molecular weight is 1040 g/mol. The van der Waals surface area contributed by atoms with E-state index in [-0.39, 0.29) is 41.8 Å². The van der Waals surface area contributed by atoms with Crippen LogP contribution in [0, 0.1) is 16.7 Å². The van der Waals surface area contributed by atoms with E-state index in [1.807, 2.05) is 0 Å². The lowest BCUT2D eigenvalue weighted by molar-refractivity contribution is -0.346. The minimum atomic E-state index is -3.67. The number of carbonyl (C=O) groups excluding carboxylic acids is 7. The number of carbonyl (C=O) groups is 7. The van der Waals surface area contributed by atoms with Crippen molar-refractivity contribution in [2.45, 2.75) is 108 Å². The molecule has 2 saturated carbocycles. The normalized spacial score (nSPS) is 28.8. The quantitative estimate of drug-likeness (QED) is 0.0826. The lowest BCUT2D eigenvalue weighted by Gasteiger charge is -2.67. The Balaban J connectivity index is 0.00000166. The van der Waals surface area contributed by atoms with Crippen LogP contribution in [-0.4, -0.2) is 151 Å². The molecule has 394 valence electrons. The first-order chi connectivity index (χ1) is 34.1. The molecule has 1 amide bonds. The van der Waals surface area contributed by atoms with Crippen molar-refractivity contribution in [3.8, 4) is 0 Å². The minimum absolute atomic E-state index is 0.0245. The topological polar surface area (TPSA) is 285 Å². The summed E-state index contributed by atoms with van der Waals surface area (Å²) in [7, 11) is -0.432. The molecule has 4 aliphatic rings. The van der Waals surface area contributed by atoms with Crippen LogP contribution in [0.4, 0.5) is 0 Å². The van der Waals surface area contributed by atoms with Gasteiger partial charge in [-0.2, -0.15) is 8.42 Å². The van der Waals surface area contributed by atoms with Gasteiger partial charge in [-0.3, -0.25) is 33.4 Å². The van der Waals surface area contributed by atoms with Crippen molar-refractivity contribution in [3.63, 3.8) is 0 Å². The Morgan fingerprint density at radius 3 is 1.90 bits per heavy atom. The SMILES string of the molecule is CC(=O)O[C@H]1C(=O)[C@@]2(C)C(C(OC(=O)c3ccccc3)[C@]3(O)C[C@H](OC(=O)C(OC(=O)CN(C)C)C(NC(=O)c4ccccc4)c4ccccc4)C(C)=C1C3(C)C)C1(OC(C)=O)COC1C[C@@H]2O.CS(=O)(=O)O. The smallest absolute Gasteiger partial charge is 0.350 e. The highest BCUT2D eigenvalue weighted by atomic mass is 32.2. The number of amides is 1. The number of fused-ring (bicyclic) bond motifs is 5. The molecule has 3 fully saturated rings. The number of aliphatic hydroxyl groups is 2. The second-order valence-corrected chi connectivity index (χ2v) is 21.3. The fourth-order valence-electron chi connectivity index (χ4n) is 10.7. The van der Waals surface area contributed by atoms with Crippen molar-refractivity contribution in [3.05, 3.63) is 119 Å². The Morgan fingerprint density at radius 1 is 0.849 bits per heavy atom. The van der Waals surface area contributed by atoms with Gasteiger partial charge in [0.1, 0.15) is 30.0 Å². The summed E-state index contributed by atoms with van der Waals surface area (Å²) >= 11 is 0. The van der Waals surface area contributed by atoms with Crippen molar-refractivity contribution in [2.24, 2.45) is 16.7 Å². The lowest BCUT2D eigenvalue weighted by atomic mass is 9.44. The number of likely N-dealkylation sites (N-methyl/N-ethyl adjacent to an activating group) is 1. The molecule has 1 aliphatic heterocycles. The molecule has 20 nitrogen and oxygen atoms in total. The molecule has 11 atom stereocenters. The first-order valence-corrected chi connectivity index (χ1v) is 25.2. The summed E-state index contributed by atoms with van der Waals surface area (Å²) in [4.78, 5) is 100. The van der Waals surface area contributed by atoms with Crippen molar-refractivity contribution in [1.29, 1.82) is 0 Å². The fraction of sp³-hybridized carbons (Fsp3) is 0.481. The largest absolute Gasteiger partial charge is 0.455 e. The Morgan fingerprint density at radius 2 is 1.40 bits per heavy atom. The molecule has 2 bridgehead atoms. The minimum Gasteiger partial charge on any atom is -0.455 e. The molecule has 4 N–H and O–H groups in total. The number of nitrogens with zero attached hydrogens (tertiary/aromatic N) is 1. The first kappa shape index (κ1) is 55.9. The van der Waals surface area contributed by atoms with Gasteiger partial charge in [0.15, 0.2) is 17.5 Å². The molecule has 1 saturated heterocycles. The number of benzene rings is 3. The Hall–Kier alpha value is -6.36. The number of ether oxygens (including phenoxy) is 6. The van der Waals surface area contributed by atoms with Gasteiger partial charge in [-0.25, -0.2) is 9.59 Å². The Labute approximate surface area is 423 Å². The van der Waals surface area contributed by atoms with Crippen LogP contribution < -0.4 is 5.32 Å². The monoisotopic (exact) mass is 1030 g/mol. The maximum absolute atomic E-state index is 15.7. The van der Waals surface area contributed by atoms with E-state index < -0.39 is 129 Å². The zero-order chi connectivity index (χ0) is 54.0. The van der Waals surface area contributed by atoms with E-state index in [0.29, 0.717) is 11.8 Å². The molecular formula is C52H62N2O18S. The van der Waals surface area contributed by atoms with Gasteiger partial charge in [0.2, 0.25) is 6.10 Å². The first-order valence-electron chi connectivity index (χ1n) is 23.3. The van der Waals surface area contributed by atoms with Crippen LogP contribution in [0.1, 0.15) is 86.7 Å². The highest BCUT2D eigenvalue weighted by molar-refractivity contribution is 7.85. The summed E-state index contributed by atoms with van der Waals surface area (Å²) in [5.74, 6) is -7.76. The predicted molar refractivity (Wildman–Crippen MR) is 258 cm³/mol. The number of ketones is 1. The summed E-state index contributed by atoms with van der Waals surface area (Å²) in [5.41, 5.74) is -7.26. The molecule has 73 heavy (non-hydrogen) atoms. The fourth-order valence-corrected chi connectivity index (χ4v) is 10.7. The van der Waals surface area contributed by atoms with Gasteiger partial charge in [0, 0.05) is 37.7 Å². The molecule has 1 heterocycles. The second kappa shape index (κ2) is 21.6. The number of hydrogen-bond donors (Lipinski definition) is 4. The van der Waals surface area contributed by atoms with Gasteiger partial charge in [-0.15, -0.1) is 0 Å². The van der Waals surface area contributed by atoms with Crippen LogP contribution in [0.25, 0.3) is 0 Å². The predicted octanol–water partition coefficient (Wildman–Crippen LogP) is 3.35. The molecule has 3 aromatic rings. The Kier molecular flexibility index (Phi) is 16.6. The van der Waals surface area contributed by atoms with Crippen molar-refractivity contribution < 1.29 is 85.2 Å². The van der Waals surface area contributed by atoms with Crippen LogP contribution in [0.2, 0.25) is 0 Å². The van der Waals surface area contributed by atoms with Crippen LogP contribution in [0.3, 0.4) is 0 Å². The summed E-state index contributed by atoms with van der Waals surface area (Å²) in [6, 6.07) is 22.9. The zero-order valence-electron chi connectivity index (χ0n) is 41.9. The highest BCUT2D eigenvalue weighted by Crippen LogP contribution is 2.64. The standard InChI is InChI=1S/C51H58N2O15.CH4O3S/c1-28-34(65-47(61)41(66-37(57)26-53(7)8)39(31-18-12-9-13-19-31)52-45(59)32-20-14-10-15-21-32)25-51(62)44(67-46(60)33-22-16-11-17-23-33)42-49(6,35(56)24-36-50(42,27-63-36)68-30(3)55)43(58)40(64-29(2)54)38(28)48(51,4)5;1-5(2,3)4/h9-23,34-36,39-42,44,56,62H,24-27H2,1-8H3,(H,52,59);1H3,(H,2,3,4)/t34-,35-,36?,39?,40+,41?,42?,44?,49+,50?,51+;/m0./s1. The number of Topliss-reactive ketones (excluding diaryl/α,β-unsaturated/α-hetero) is 1. The number of rotatable bonds is 13. The van der Waals surface area contributed by atoms with Crippen LogP contribution in [-0.2, 0) is 62.5 Å². The molecule has 3 aliphatic carbocycles. The van der Waals surface area contributed by atoms with Crippen LogP contribution in [0.15, 0.2) is 102 Å². The van der Waals surface area contributed by atoms with Gasteiger partial charge < -0.3 is 44.0 Å². The molecule has 6 unspecified atom stereocenters. The third kappa shape index (κ3) is 11.4. The highest BCUT2D eigenvalue weighted by Gasteiger charge is 2.78. The van der Waals surface area contributed by atoms with Gasteiger partial charge in [0.25, 0.3) is 16.0 Å². The van der Waals surface area contributed by atoms with Gasteiger partial charge in [-0.05, 0) is 68.9 Å². The van der Waals surface area contributed by atoms with E-state index in [2.05, 4.69) is 5.32 Å². The van der Waals surface area contributed by atoms with Gasteiger partial charge >= 0.3 is 29.8 Å². The van der Waals surface area contributed by atoms with Crippen LogP contribution >= 0.6 is 0 Å². The molecule has 0 aromatic heterocycles. The number of hydrogen-bond acceptors (Lipinski definition) is 18. The molecule has 21 heteroatoms. The van der Waals surface area contributed by atoms with Crippen LogP contribution in [0.5, 0.6) is 0 Å². The Bertz CT molecular complexity index is 2730. The summed E-state index contributed by atoms with van der Waals surface area (Å²) in [5, 5.41) is 28.9.